The predicted molar refractivity (Wildman–Crippen MR) is 79.6 cm³/mol. The van der Waals surface area contributed by atoms with Crippen LogP contribution in [0.3, 0.4) is 0 Å². The van der Waals surface area contributed by atoms with Crippen molar-refractivity contribution >= 4 is 50.1 Å². The summed E-state index contributed by atoms with van der Waals surface area (Å²) >= 11 is 8.05. The second kappa shape index (κ2) is 6.21. The lowest BCUT2D eigenvalue weighted by Gasteiger charge is -2.12. The molecule has 0 fully saturated rings. The van der Waals surface area contributed by atoms with Crippen molar-refractivity contribution in [2.45, 2.75) is 13.8 Å². The molecule has 4 nitrogen and oxygen atoms in total. The Balaban J connectivity index is 2.76. The summed E-state index contributed by atoms with van der Waals surface area (Å²) in [6, 6.07) is 5.12. The van der Waals surface area contributed by atoms with E-state index in [-0.39, 0.29) is 5.92 Å². The molecule has 0 radical (unpaired) electrons. The van der Waals surface area contributed by atoms with E-state index < -0.39 is 10.2 Å². The van der Waals surface area contributed by atoms with Crippen molar-refractivity contribution in [1.29, 1.82) is 0 Å². The Morgan fingerprint density at radius 3 is 2.59 bits per heavy atom. The first-order valence-corrected chi connectivity index (χ1v) is 7.96. The van der Waals surface area contributed by atoms with Crippen LogP contribution in [0.1, 0.15) is 13.8 Å². The van der Waals surface area contributed by atoms with Crippen LogP contribution in [-0.4, -0.2) is 15.0 Å². The summed E-state index contributed by atoms with van der Waals surface area (Å²) in [4.78, 5) is 0. The van der Waals surface area contributed by atoms with Crippen LogP contribution in [0.4, 0.5) is 5.69 Å². The van der Waals surface area contributed by atoms with E-state index in [1.54, 1.807) is 18.2 Å². The van der Waals surface area contributed by atoms with Gasteiger partial charge in [0.05, 0.1) is 10.7 Å². The maximum absolute atomic E-state index is 11.7. The number of hydrogen-bond donors (Lipinski definition) is 2. The summed E-state index contributed by atoms with van der Waals surface area (Å²) < 4.78 is 29.1. The lowest BCUT2D eigenvalue weighted by atomic mass is 10.2. The highest BCUT2D eigenvalue weighted by Gasteiger charge is 2.12. The number of nitrogens with one attached hydrogen (secondary N) is 2. The van der Waals surface area contributed by atoms with E-state index >= 15 is 0 Å². The van der Waals surface area contributed by atoms with Gasteiger partial charge in [-0.15, -0.1) is 0 Å². The molecule has 0 saturated heterocycles. The highest BCUT2D eigenvalue weighted by atomic mass is 127. The van der Waals surface area contributed by atoms with Gasteiger partial charge in [0, 0.05) is 10.1 Å². The van der Waals surface area contributed by atoms with Crippen LogP contribution in [0.15, 0.2) is 18.2 Å². The Morgan fingerprint density at radius 1 is 1.41 bits per heavy atom. The van der Waals surface area contributed by atoms with Gasteiger partial charge in [-0.2, -0.15) is 13.1 Å². The van der Waals surface area contributed by atoms with E-state index in [1.807, 2.05) is 13.8 Å². The third-order valence-electron chi connectivity index (χ3n) is 1.86. The van der Waals surface area contributed by atoms with Crippen LogP contribution >= 0.6 is 34.2 Å². The molecule has 0 aliphatic rings. The molecule has 1 rings (SSSR count). The Bertz CT molecular complexity index is 491. The van der Waals surface area contributed by atoms with E-state index in [4.69, 9.17) is 11.6 Å². The van der Waals surface area contributed by atoms with Gasteiger partial charge in [0.1, 0.15) is 0 Å². The van der Waals surface area contributed by atoms with Gasteiger partial charge in [-0.1, -0.05) is 25.4 Å². The molecule has 0 saturated carbocycles. The van der Waals surface area contributed by atoms with E-state index in [2.05, 4.69) is 32.0 Å². The van der Waals surface area contributed by atoms with Crippen LogP contribution < -0.4 is 9.44 Å². The second-order valence-electron chi connectivity index (χ2n) is 3.97. The summed E-state index contributed by atoms with van der Waals surface area (Å²) in [6.07, 6.45) is 0. The topological polar surface area (TPSA) is 58.2 Å². The minimum Gasteiger partial charge on any atom is -0.270 e. The fourth-order valence-electron chi connectivity index (χ4n) is 1.03. The molecule has 2 N–H and O–H groups in total. The summed E-state index contributed by atoms with van der Waals surface area (Å²) in [5, 5.41) is 0.381. The molecule has 17 heavy (non-hydrogen) atoms. The van der Waals surface area contributed by atoms with Crippen LogP contribution in [-0.2, 0) is 10.2 Å². The van der Waals surface area contributed by atoms with E-state index in [0.717, 1.165) is 3.57 Å². The fraction of sp³-hybridized carbons (Fsp3) is 0.400. The van der Waals surface area contributed by atoms with Crippen molar-refractivity contribution in [3.8, 4) is 0 Å². The second-order valence-corrected chi connectivity index (χ2v) is 7.12. The molecule has 0 aliphatic heterocycles. The lowest BCUT2D eigenvalue weighted by Crippen LogP contribution is -2.32. The van der Waals surface area contributed by atoms with Crippen molar-refractivity contribution in [2.75, 3.05) is 11.3 Å². The Labute approximate surface area is 120 Å². The average molecular weight is 389 g/mol. The van der Waals surface area contributed by atoms with E-state index in [0.29, 0.717) is 17.3 Å². The van der Waals surface area contributed by atoms with Crippen LogP contribution in [0.25, 0.3) is 0 Å². The minimum absolute atomic E-state index is 0.249. The molecule has 0 aromatic heterocycles. The van der Waals surface area contributed by atoms with Crippen molar-refractivity contribution < 1.29 is 8.42 Å². The number of rotatable bonds is 5. The van der Waals surface area contributed by atoms with E-state index in [1.165, 1.54) is 0 Å². The molecule has 96 valence electrons. The predicted octanol–water partition coefficient (Wildman–Crippen LogP) is 2.85. The average Bonchev–Trinajstić information content (AvgIpc) is 2.20. The summed E-state index contributed by atoms with van der Waals surface area (Å²) in [6.45, 7) is 4.25. The van der Waals surface area contributed by atoms with Gasteiger partial charge in [0.2, 0.25) is 0 Å². The van der Waals surface area contributed by atoms with Gasteiger partial charge in [0.25, 0.3) is 10.2 Å². The Morgan fingerprint density at radius 2 is 2.06 bits per heavy atom. The molecule has 0 bridgehead atoms. The smallest absolute Gasteiger partial charge is 0.270 e. The van der Waals surface area contributed by atoms with Crippen molar-refractivity contribution in [1.82, 2.24) is 4.72 Å². The van der Waals surface area contributed by atoms with Crippen molar-refractivity contribution in [3.05, 3.63) is 26.8 Å². The van der Waals surface area contributed by atoms with Gasteiger partial charge in [0.15, 0.2) is 0 Å². The first-order chi connectivity index (χ1) is 7.80. The summed E-state index contributed by atoms with van der Waals surface area (Å²) in [5.74, 6) is 0.249. The molecule has 0 heterocycles. The first kappa shape index (κ1) is 15.0. The van der Waals surface area contributed by atoms with Gasteiger partial charge in [-0.05, 0) is 46.7 Å². The highest BCUT2D eigenvalue weighted by molar-refractivity contribution is 14.1. The normalized spacial score (nSPS) is 11.8. The molecule has 7 heteroatoms. The molecule has 0 unspecified atom stereocenters. The maximum Gasteiger partial charge on any atom is 0.299 e. The van der Waals surface area contributed by atoms with Gasteiger partial charge < -0.3 is 0 Å². The zero-order valence-electron chi connectivity index (χ0n) is 9.50. The summed E-state index contributed by atoms with van der Waals surface area (Å²) in [5.41, 5.74) is 0.378. The maximum atomic E-state index is 11.7. The molecule has 0 spiro atoms. The van der Waals surface area contributed by atoms with Gasteiger partial charge in [-0.3, -0.25) is 4.72 Å². The first-order valence-electron chi connectivity index (χ1n) is 5.02. The lowest BCUT2D eigenvalue weighted by molar-refractivity contribution is 0.565. The zero-order chi connectivity index (χ0) is 13.1. The van der Waals surface area contributed by atoms with Gasteiger partial charge in [-0.25, -0.2) is 0 Å². The molecule has 1 aromatic carbocycles. The number of halogens is 2. The third-order valence-corrected chi connectivity index (χ3v) is 3.88. The Kier molecular flexibility index (Phi) is 5.49. The molecule has 1 aromatic rings. The van der Waals surface area contributed by atoms with Crippen LogP contribution in [0.2, 0.25) is 5.02 Å². The van der Waals surface area contributed by atoms with Crippen molar-refractivity contribution in [3.63, 3.8) is 0 Å². The fourth-order valence-corrected chi connectivity index (χ4v) is 3.08. The van der Waals surface area contributed by atoms with Gasteiger partial charge >= 0.3 is 0 Å². The van der Waals surface area contributed by atoms with Crippen LogP contribution in [0.5, 0.6) is 0 Å². The highest BCUT2D eigenvalue weighted by Crippen LogP contribution is 2.24. The number of benzene rings is 1. The van der Waals surface area contributed by atoms with Crippen molar-refractivity contribution in [2.24, 2.45) is 5.92 Å². The number of anilines is 1. The Hall–Kier alpha value is -0.0500. The third kappa shape index (κ3) is 5.41. The molecular formula is C10H14ClIN2O2S. The van der Waals surface area contributed by atoms with Crippen LogP contribution in [0, 0.1) is 9.49 Å². The molecular weight excluding hydrogens is 375 g/mol. The zero-order valence-corrected chi connectivity index (χ0v) is 13.2. The number of hydrogen-bond acceptors (Lipinski definition) is 2. The minimum atomic E-state index is -3.55. The summed E-state index contributed by atoms with van der Waals surface area (Å²) in [7, 11) is -3.55. The standard InChI is InChI=1S/C10H14ClIN2O2S/c1-7(2)6-13-17(15,16)14-10-4-3-8(12)5-9(10)11/h3-5,7,13-14H,6H2,1-2H3. The molecule has 0 aliphatic carbocycles. The van der Waals surface area contributed by atoms with E-state index in [9.17, 15) is 8.42 Å². The molecule has 0 amide bonds. The SMILES string of the molecule is CC(C)CNS(=O)(=O)Nc1ccc(I)cc1Cl. The monoisotopic (exact) mass is 388 g/mol. The quantitative estimate of drug-likeness (QED) is 0.762. The largest absolute Gasteiger partial charge is 0.299 e. The molecule has 0 atom stereocenters.